The summed E-state index contributed by atoms with van der Waals surface area (Å²) in [4.78, 5) is 10.9. The molecule has 0 aliphatic carbocycles. The van der Waals surface area contributed by atoms with E-state index in [1.165, 1.54) is 12.1 Å². The van der Waals surface area contributed by atoms with Crippen LogP contribution in [0.25, 0.3) is 0 Å². The zero-order valence-corrected chi connectivity index (χ0v) is 9.45. The summed E-state index contributed by atoms with van der Waals surface area (Å²) in [7, 11) is 0. The summed E-state index contributed by atoms with van der Waals surface area (Å²) in [5.41, 5.74) is -0.170. The standard InChI is InChI=1S/C13H8F3NO2/c14-7-1-3-8(4-2-7)17-12-6-11(16)10(15)5-9(12)13(18)19/h1-6,17H,(H,18,19). The number of anilines is 2. The van der Waals surface area contributed by atoms with Gasteiger partial charge in [-0.05, 0) is 30.3 Å². The predicted octanol–water partition coefficient (Wildman–Crippen LogP) is 3.55. The number of hydrogen-bond acceptors (Lipinski definition) is 2. The lowest BCUT2D eigenvalue weighted by Crippen LogP contribution is -2.05. The van der Waals surface area contributed by atoms with Gasteiger partial charge in [0.05, 0.1) is 11.3 Å². The van der Waals surface area contributed by atoms with E-state index in [1.807, 2.05) is 0 Å². The van der Waals surface area contributed by atoms with Gasteiger partial charge in [0.2, 0.25) is 0 Å². The van der Waals surface area contributed by atoms with E-state index in [1.54, 1.807) is 0 Å². The molecule has 2 rings (SSSR count). The van der Waals surface area contributed by atoms with E-state index in [-0.39, 0.29) is 5.69 Å². The van der Waals surface area contributed by atoms with Crippen molar-refractivity contribution in [2.24, 2.45) is 0 Å². The Balaban J connectivity index is 2.41. The van der Waals surface area contributed by atoms with Crippen molar-refractivity contribution in [1.29, 1.82) is 0 Å². The van der Waals surface area contributed by atoms with Gasteiger partial charge in [-0.1, -0.05) is 0 Å². The van der Waals surface area contributed by atoms with Gasteiger partial charge in [-0.15, -0.1) is 0 Å². The number of carboxylic acids is 1. The van der Waals surface area contributed by atoms with Crippen LogP contribution < -0.4 is 5.32 Å². The largest absolute Gasteiger partial charge is 0.478 e. The van der Waals surface area contributed by atoms with Crippen LogP contribution in [0.5, 0.6) is 0 Å². The Morgan fingerprint density at radius 2 is 1.58 bits per heavy atom. The van der Waals surface area contributed by atoms with Crippen LogP contribution in [-0.4, -0.2) is 11.1 Å². The molecular formula is C13H8F3NO2. The molecule has 0 heterocycles. The van der Waals surface area contributed by atoms with Gasteiger partial charge in [-0.3, -0.25) is 0 Å². The first-order valence-corrected chi connectivity index (χ1v) is 5.22. The zero-order chi connectivity index (χ0) is 14.0. The maximum atomic E-state index is 13.1. The maximum Gasteiger partial charge on any atom is 0.337 e. The molecule has 0 aromatic heterocycles. The van der Waals surface area contributed by atoms with E-state index >= 15 is 0 Å². The van der Waals surface area contributed by atoms with Gasteiger partial charge in [0.1, 0.15) is 5.82 Å². The number of nitrogens with one attached hydrogen (secondary N) is 1. The van der Waals surface area contributed by atoms with Crippen LogP contribution in [0.15, 0.2) is 36.4 Å². The molecule has 6 heteroatoms. The number of hydrogen-bond donors (Lipinski definition) is 2. The highest BCUT2D eigenvalue weighted by molar-refractivity contribution is 5.95. The van der Waals surface area contributed by atoms with Crippen LogP contribution in [0, 0.1) is 17.5 Å². The molecule has 0 aliphatic heterocycles. The predicted molar refractivity (Wildman–Crippen MR) is 63.0 cm³/mol. The van der Waals surface area contributed by atoms with Crippen molar-refractivity contribution in [2.75, 3.05) is 5.32 Å². The third-order valence-electron chi connectivity index (χ3n) is 2.41. The summed E-state index contributed by atoms with van der Waals surface area (Å²) in [6.45, 7) is 0. The minimum Gasteiger partial charge on any atom is -0.478 e. The molecular weight excluding hydrogens is 259 g/mol. The molecule has 0 saturated heterocycles. The number of aromatic carboxylic acids is 1. The number of halogens is 3. The minimum absolute atomic E-state index is 0.113. The van der Waals surface area contributed by atoms with E-state index in [0.717, 1.165) is 18.2 Å². The first kappa shape index (κ1) is 12.9. The van der Waals surface area contributed by atoms with Gasteiger partial charge in [0.15, 0.2) is 11.6 Å². The second kappa shape index (κ2) is 5.01. The van der Waals surface area contributed by atoms with Crippen LogP contribution in [-0.2, 0) is 0 Å². The third-order valence-corrected chi connectivity index (χ3v) is 2.41. The summed E-state index contributed by atoms with van der Waals surface area (Å²) in [5, 5.41) is 11.5. The summed E-state index contributed by atoms with van der Waals surface area (Å²) in [6.07, 6.45) is 0. The monoisotopic (exact) mass is 267 g/mol. The Morgan fingerprint density at radius 1 is 1.00 bits per heavy atom. The average molecular weight is 267 g/mol. The van der Waals surface area contributed by atoms with Crippen LogP contribution >= 0.6 is 0 Å². The Bertz CT molecular complexity index is 627. The van der Waals surface area contributed by atoms with Crippen molar-refractivity contribution in [3.63, 3.8) is 0 Å². The number of rotatable bonds is 3. The quantitative estimate of drug-likeness (QED) is 0.894. The van der Waals surface area contributed by atoms with Crippen LogP contribution in [0.1, 0.15) is 10.4 Å². The Labute approximate surface area is 106 Å². The van der Waals surface area contributed by atoms with Crippen molar-refractivity contribution >= 4 is 17.3 Å². The molecule has 2 aromatic rings. The summed E-state index contributed by atoms with van der Waals surface area (Å²) >= 11 is 0. The lowest BCUT2D eigenvalue weighted by Gasteiger charge is -2.10. The molecule has 0 fully saturated rings. The lowest BCUT2D eigenvalue weighted by atomic mass is 10.1. The van der Waals surface area contributed by atoms with Crippen molar-refractivity contribution < 1.29 is 23.1 Å². The molecule has 0 bridgehead atoms. The van der Waals surface area contributed by atoms with Crippen LogP contribution in [0.2, 0.25) is 0 Å². The molecule has 98 valence electrons. The fraction of sp³-hybridized carbons (Fsp3) is 0. The molecule has 0 unspecified atom stereocenters. The first-order chi connectivity index (χ1) is 8.97. The van der Waals surface area contributed by atoms with Gasteiger partial charge in [0, 0.05) is 11.8 Å². The van der Waals surface area contributed by atoms with Crippen molar-refractivity contribution in [1.82, 2.24) is 0 Å². The average Bonchev–Trinajstić information content (AvgIpc) is 2.36. The smallest absolute Gasteiger partial charge is 0.337 e. The highest BCUT2D eigenvalue weighted by Crippen LogP contribution is 2.24. The van der Waals surface area contributed by atoms with E-state index < -0.39 is 29.0 Å². The summed E-state index contributed by atoms with van der Waals surface area (Å²) in [6, 6.07) is 6.33. The molecule has 0 aliphatic rings. The molecule has 0 saturated carbocycles. The van der Waals surface area contributed by atoms with Crippen molar-refractivity contribution in [3.05, 3.63) is 59.4 Å². The number of carboxylic acid groups (broad SMARTS) is 1. The van der Waals surface area contributed by atoms with Gasteiger partial charge in [0.25, 0.3) is 0 Å². The molecule has 19 heavy (non-hydrogen) atoms. The SMILES string of the molecule is O=C(O)c1cc(F)c(F)cc1Nc1ccc(F)cc1. The first-order valence-electron chi connectivity index (χ1n) is 5.22. The molecule has 0 amide bonds. The second-order valence-corrected chi connectivity index (χ2v) is 3.75. The Kier molecular flexibility index (Phi) is 3.41. The topological polar surface area (TPSA) is 49.3 Å². The van der Waals surface area contributed by atoms with E-state index in [4.69, 9.17) is 5.11 Å². The third kappa shape index (κ3) is 2.85. The lowest BCUT2D eigenvalue weighted by molar-refractivity contribution is 0.0697. The molecule has 3 nitrogen and oxygen atoms in total. The molecule has 0 atom stereocenters. The zero-order valence-electron chi connectivity index (χ0n) is 9.45. The highest BCUT2D eigenvalue weighted by Gasteiger charge is 2.15. The van der Waals surface area contributed by atoms with Gasteiger partial charge in [-0.25, -0.2) is 18.0 Å². The minimum atomic E-state index is -1.40. The van der Waals surface area contributed by atoms with E-state index in [2.05, 4.69) is 5.32 Å². The molecule has 2 N–H and O–H groups in total. The fourth-order valence-corrected chi connectivity index (χ4v) is 1.52. The second-order valence-electron chi connectivity index (χ2n) is 3.75. The molecule has 0 spiro atoms. The Hall–Kier alpha value is -2.50. The Morgan fingerprint density at radius 3 is 2.16 bits per heavy atom. The summed E-state index contributed by atoms with van der Waals surface area (Å²) < 4.78 is 38.8. The fourth-order valence-electron chi connectivity index (χ4n) is 1.52. The van der Waals surface area contributed by atoms with Crippen LogP contribution in [0.4, 0.5) is 24.5 Å². The maximum absolute atomic E-state index is 13.1. The molecule has 0 radical (unpaired) electrons. The molecule has 2 aromatic carbocycles. The van der Waals surface area contributed by atoms with Gasteiger partial charge >= 0.3 is 5.97 Å². The van der Waals surface area contributed by atoms with Crippen molar-refractivity contribution in [2.45, 2.75) is 0 Å². The van der Waals surface area contributed by atoms with E-state index in [0.29, 0.717) is 11.8 Å². The summed E-state index contributed by atoms with van der Waals surface area (Å²) in [5.74, 6) is -4.28. The number of carbonyl (C=O) groups is 1. The van der Waals surface area contributed by atoms with Crippen molar-refractivity contribution in [3.8, 4) is 0 Å². The number of benzene rings is 2. The van der Waals surface area contributed by atoms with Crippen LogP contribution in [0.3, 0.4) is 0 Å². The van der Waals surface area contributed by atoms with Gasteiger partial charge < -0.3 is 10.4 Å². The van der Waals surface area contributed by atoms with E-state index in [9.17, 15) is 18.0 Å². The van der Waals surface area contributed by atoms with Gasteiger partial charge in [-0.2, -0.15) is 0 Å². The highest BCUT2D eigenvalue weighted by atomic mass is 19.2. The normalized spacial score (nSPS) is 10.3.